The molecule has 2 N–H and O–H groups in total. The first-order chi connectivity index (χ1) is 12.6. The third-order valence-corrected chi connectivity index (χ3v) is 5.17. The summed E-state index contributed by atoms with van der Waals surface area (Å²) in [6, 6.07) is 15.1. The summed E-state index contributed by atoms with van der Waals surface area (Å²) < 4.78 is 5.73. The summed E-state index contributed by atoms with van der Waals surface area (Å²) in [5.41, 5.74) is 3.84. The average molecular weight is 413 g/mol. The van der Waals surface area contributed by atoms with Crippen molar-refractivity contribution in [2.75, 3.05) is 12.4 Å². The van der Waals surface area contributed by atoms with Gasteiger partial charge in [0, 0.05) is 22.0 Å². The van der Waals surface area contributed by atoms with Crippen LogP contribution in [0.4, 0.5) is 5.69 Å². The lowest BCUT2D eigenvalue weighted by Crippen LogP contribution is -2.21. The van der Waals surface area contributed by atoms with Crippen LogP contribution in [0.3, 0.4) is 0 Å². The molecule has 6 heteroatoms. The van der Waals surface area contributed by atoms with E-state index in [1.54, 1.807) is 6.07 Å². The number of pyridine rings is 1. The van der Waals surface area contributed by atoms with Gasteiger partial charge in [-0.3, -0.25) is 0 Å². The van der Waals surface area contributed by atoms with E-state index >= 15 is 0 Å². The van der Waals surface area contributed by atoms with Gasteiger partial charge in [-0.1, -0.05) is 40.2 Å². The van der Waals surface area contributed by atoms with Crippen molar-refractivity contribution < 1.29 is 14.6 Å². The van der Waals surface area contributed by atoms with Crippen LogP contribution in [0, 0.1) is 0 Å². The monoisotopic (exact) mass is 412 g/mol. The largest absolute Gasteiger partial charge is 0.464 e. The van der Waals surface area contributed by atoms with Crippen LogP contribution in [-0.2, 0) is 11.2 Å². The number of aliphatic hydroxyl groups excluding tert-OH is 1. The molecule has 0 aliphatic heterocycles. The molecule has 5 nitrogen and oxygen atoms in total. The molecule has 1 aliphatic carbocycles. The Morgan fingerprint density at radius 3 is 2.88 bits per heavy atom. The Bertz CT molecular complexity index is 1010. The van der Waals surface area contributed by atoms with E-state index in [4.69, 9.17) is 4.74 Å². The quantitative estimate of drug-likeness (QED) is 0.639. The Morgan fingerprint density at radius 2 is 2.08 bits per heavy atom. The van der Waals surface area contributed by atoms with Gasteiger partial charge >= 0.3 is 5.97 Å². The molecule has 2 atom stereocenters. The smallest absolute Gasteiger partial charge is 0.356 e. The highest BCUT2D eigenvalue weighted by molar-refractivity contribution is 9.10. The van der Waals surface area contributed by atoms with Crippen LogP contribution in [0.1, 0.15) is 27.7 Å². The minimum absolute atomic E-state index is 0.227. The molecule has 0 bridgehead atoms. The molecule has 0 spiro atoms. The van der Waals surface area contributed by atoms with Crippen LogP contribution in [0.5, 0.6) is 0 Å². The van der Waals surface area contributed by atoms with Crippen molar-refractivity contribution in [2.24, 2.45) is 0 Å². The Balaban J connectivity index is 1.82. The molecule has 1 heterocycles. The van der Waals surface area contributed by atoms with E-state index in [9.17, 15) is 9.90 Å². The predicted molar refractivity (Wildman–Crippen MR) is 103 cm³/mol. The average Bonchev–Trinajstić information content (AvgIpc) is 2.96. The van der Waals surface area contributed by atoms with Crippen molar-refractivity contribution in [1.29, 1.82) is 0 Å². The maximum Gasteiger partial charge on any atom is 0.356 e. The number of halogens is 1. The molecule has 26 heavy (non-hydrogen) atoms. The third kappa shape index (κ3) is 2.95. The number of esters is 1. The summed E-state index contributed by atoms with van der Waals surface area (Å²) in [6.07, 6.45) is 0.0640. The number of ether oxygens (including phenoxy) is 1. The maximum absolute atomic E-state index is 12.0. The Kier molecular flexibility index (Phi) is 4.38. The molecule has 2 aromatic carbocycles. The number of methoxy groups -OCH3 is 1. The second-order valence-corrected chi connectivity index (χ2v) is 7.22. The van der Waals surface area contributed by atoms with Crippen molar-refractivity contribution in [1.82, 2.24) is 4.98 Å². The van der Waals surface area contributed by atoms with E-state index in [0.717, 1.165) is 26.7 Å². The fourth-order valence-electron chi connectivity index (χ4n) is 3.44. The molecule has 1 aliphatic rings. The van der Waals surface area contributed by atoms with Crippen LogP contribution in [0.2, 0.25) is 0 Å². The van der Waals surface area contributed by atoms with E-state index < -0.39 is 12.1 Å². The fourth-order valence-corrected chi connectivity index (χ4v) is 3.80. The molecule has 132 valence electrons. The predicted octanol–water partition coefficient (Wildman–Crippen LogP) is 3.85. The molecular formula is C20H17BrN2O3. The number of aliphatic hydroxyl groups is 1. The van der Waals surface area contributed by atoms with Gasteiger partial charge in [-0.2, -0.15) is 0 Å². The third-order valence-electron chi connectivity index (χ3n) is 4.68. The van der Waals surface area contributed by atoms with E-state index in [2.05, 4.69) is 26.2 Å². The molecule has 0 saturated heterocycles. The van der Waals surface area contributed by atoms with Gasteiger partial charge in [0.05, 0.1) is 24.8 Å². The fraction of sp³-hybridized carbons (Fsp3) is 0.200. The molecule has 3 aromatic rings. The molecule has 0 unspecified atom stereocenters. The Morgan fingerprint density at radius 1 is 1.27 bits per heavy atom. The molecule has 0 fully saturated rings. The van der Waals surface area contributed by atoms with Crippen LogP contribution in [0.15, 0.2) is 53.0 Å². The zero-order valence-electron chi connectivity index (χ0n) is 14.1. The van der Waals surface area contributed by atoms with E-state index in [1.807, 2.05) is 42.5 Å². The van der Waals surface area contributed by atoms with Gasteiger partial charge in [0.2, 0.25) is 0 Å². The SMILES string of the molecule is COC(=O)c1cc(N[C@H]2c3ccccc3C[C@H]2O)c2cc(Br)ccc2n1. The standard InChI is InChI=1S/C20H17BrN2O3/c1-26-20(25)17-10-16(14-9-12(21)6-7-15(14)22-17)23-19-13-5-3-2-4-11(13)8-18(19)24/h2-7,9-10,18-19,24H,8H2,1H3,(H,22,23)/t18-,19+/m1/s1. The van der Waals surface area contributed by atoms with Crippen molar-refractivity contribution in [3.63, 3.8) is 0 Å². The molecule has 4 rings (SSSR count). The van der Waals surface area contributed by atoms with E-state index in [1.165, 1.54) is 7.11 Å². The number of hydrogen-bond acceptors (Lipinski definition) is 5. The topological polar surface area (TPSA) is 71.5 Å². The second kappa shape index (κ2) is 6.70. The number of nitrogens with one attached hydrogen (secondary N) is 1. The highest BCUT2D eigenvalue weighted by Crippen LogP contribution is 2.36. The number of fused-ring (bicyclic) bond motifs is 2. The summed E-state index contributed by atoms with van der Waals surface area (Å²) in [6.45, 7) is 0. The number of carbonyl (C=O) groups is 1. The molecule has 0 saturated carbocycles. The van der Waals surface area contributed by atoms with Gasteiger partial charge < -0.3 is 15.2 Å². The first-order valence-electron chi connectivity index (χ1n) is 8.28. The first-order valence-corrected chi connectivity index (χ1v) is 9.07. The number of anilines is 1. The van der Waals surface area contributed by atoms with Gasteiger partial charge in [-0.15, -0.1) is 0 Å². The highest BCUT2D eigenvalue weighted by atomic mass is 79.9. The molecule has 0 amide bonds. The van der Waals surface area contributed by atoms with Gasteiger partial charge in [0.1, 0.15) is 0 Å². The summed E-state index contributed by atoms with van der Waals surface area (Å²) in [5.74, 6) is -0.495. The second-order valence-electron chi connectivity index (χ2n) is 6.30. The van der Waals surface area contributed by atoms with Crippen molar-refractivity contribution >= 4 is 38.5 Å². The number of benzene rings is 2. The van der Waals surface area contributed by atoms with E-state index in [0.29, 0.717) is 11.9 Å². The zero-order valence-corrected chi connectivity index (χ0v) is 15.7. The number of rotatable bonds is 3. The lowest BCUT2D eigenvalue weighted by molar-refractivity contribution is 0.0594. The molecule has 0 radical (unpaired) electrons. The number of nitrogens with zero attached hydrogens (tertiary/aromatic N) is 1. The summed E-state index contributed by atoms with van der Waals surface area (Å²) in [5, 5.41) is 14.8. The van der Waals surface area contributed by atoms with Crippen LogP contribution >= 0.6 is 15.9 Å². The van der Waals surface area contributed by atoms with Gasteiger partial charge in [-0.25, -0.2) is 9.78 Å². The first kappa shape index (κ1) is 17.0. The molecular weight excluding hydrogens is 396 g/mol. The minimum Gasteiger partial charge on any atom is -0.464 e. The lowest BCUT2D eigenvalue weighted by atomic mass is 10.1. The Hall–Kier alpha value is -2.44. The van der Waals surface area contributed by atoms with E-state index in [-0.39, 0.29) is 11.7 Å². The number of hydrogen-bond donors (Lipinski definition) is 2. The Labute approximate surface area is 159 Å². The van der Waals surface area contributed by atoms with Crippen molar-refractivity contribution in [3.8, 4) is 0 Å². The van der Waals surface area contributed by atoms with Crippen molar-refractivity contribution in [3.05, 3.63) is 69.8 Å². The van der Waals surface area contributed by atoms with Gasteiger partial charge in [-0.05, 0) is 35.4 Å². The summed E-state index contributed by atoms with van der Waals surface area (Å²) >= 11 is 3.48. The highest BCUT2D eigenvalue weighted by Gasteiger charge is 2.31. The molecule has 1 aromatic heterocycles. The van der Waals surface area contributed by atoms with Crippen LogP contribution in [-0.4, -0.2) is 29.3 Å². The van der Waals surface area contributed by atoms with Crippen LogP contribution < -0.4 is 5.32 Å². The number of aromatic nitrogens is 1. The van der Waals surface area contributed by atoms with Crippen LogP contribution in [0.25, 0.3) is 10.9 Å². The lowest BCUT2D eigenvalue weighted by Gasteiger charge is -2.21. The van der Waals surface area contributed by atoms with Gasteiger partial charge in [0.15, 0.2) is 5.69 Å². The minimum atomic E-state index is -0.538. The van der Waals surface area contributed by atoms with Gasteiger partial charge in [0.25, 0.3) is 0 Å². The normalized spacial score (nSPS) is 18.6. The number of carbonyl (C=O) groups excluding carboxylic acids is 1. The zero-order chi connectivity index (χ0) is 18.3. The van der Waals surface area contributed by atoms with Crippen molar-refractivity contribution in [2.45, 2.75) is 18.6 Å². The summed E-state index contributed by atoms with van der Waals surface area (Å²) in [7, 11) is 1.33. The maximum atomic E-state index is 12.0. The summed E-state index contributed by atoms with van der Waals surface area (Å²) in [4.78, 5) is 16.4.